The summed E-state index contributed by atoms with van der Waals surface area (Å²) in [6.45, 7) is 2.11. The maximum atomic E-state index is 11.3. The normalized spacial score (nSPS) is 15.3. The van der Waals surface area contributed by atoms with Crippen LogP contribution in [0.25, 0.3) is 0 Å². The van der Waals surface area contributed by atoms with E-state index >= 15 is 0 Å². The number of hydrogen-bond donors (Lipinski definition) is 3. The molecule has 4 N–H and O–H groups in total. The van der Waals surface area contributed by atoms with Crippen LogP contribution in [-0.4, -0.2) is 24.0 Å². The number of fused-ring (bicyclic) bond motifs is 1. The first-order valence-corrected chi connectivity index (χ1v) is 6.97. The molecule has 0 aromatic heterocycles. The zero-order valence-electron chi connectivity index (χ0n) is 10.0. The zero-order chi connectivity index (χ0) is 12.4. The number of anilines is 3. The number of amides is 1. The Hall–Kier alpha value is -1.36. The van der Waals surface area contributed by atoms with Crippen molar-refractivity contribution in [2.75, 3.05) is 28.4 Å². The van der Waals surface area contributed by atoms with Gasteiger partial charge in [0.2, 0.25) is 5.91 Å². The molecule has 0 fully saturated rings. The smallest absolute Gasteiger partial charge is 0.228 e. The van der Waals surface area contributed by atoms with E-state index in [9.17, 15) is 4.79 Å². The zero-order valence-corrected chi connectivity index (χ0v) is 10.9. The largest absolute Gasteiger partial charge is 0.397 e. The highest BCUT2D eigenvalue weighted by Crippen LogP contribution is 2.31. The Morgan fingerprint density at radius 3 is 3.06 bits per heavy atom. The summed E-state index contributed by atoms with van der Waals surface area (Å²) in [6, 6.07) is 4.15. The summed E-state index contributed by atoms with van der Waals surface area (Å²) >= 11 is 1.79. The van der Waals surface area contributed by atoms with Gasteiger partial charge in [-0.15, -0.1) is 0 Å². The summed E-state index contributed by atoms with van der Waals surface area (Å²) in [4.78, 5) is 11.3. The van der Waals surface area contributed by atoms with E-state index in [1.165, 1.54) is 0 Å². The number of carbonyl (C=O) groups is 1. The van der Waals surface area contributed by atoms with Crippen molar-refractivity contribution >= 4 is 34.7 Å². The van der Waals surface area contributed by atoms with E-state index in [0.29, 0.717) is 18.2 Å². The second kappa shape index (κ2) is 4.87. The van der Waals surface area contributed by atoms with Crippen LogP contribution in [0.4, 0.5) is 17.1 Å². The van der Waals surface area contributed by atoms with Gasteiger partial charge in [-0.2, -0.15) is 11.8 Å². The summed E-state index contributed by atoms with van der Waals surface area (Å²) in [5.74, 6) is 1.05. The van der Waals surface area contributed by atoms with Gasteiger partial charge in [0.15, 0.2) is 0 Å². The minimum atomic E-state index is 0.0358. The lowest BCUT2D eigenvalue weighted by atomic mass is 10.1. The molecule has 0 bridgehead atoms. The van der Waals surface area contributed by atoms with Gasteiger partial charge in [0.1, 0.15) is 0 Å². The molecule has 1 amide bonds. The van der Waals surface area contributed by atoms with Crippen molar-refractivity contribution < 1.29 is 4.79 Å². The molecule has 1 heterocycles. The van der Waals surface area contributed by atoms with Crippen LogP contribution in [-0.2, 0) is 11.2 Å². The van der Waals surface area contributed by atoms with Gasteiger partial charge in [-0.1, -0.05) is 0 Å². The fourth-order valence-corrected chi connectivity index (χ4v) is 2.56. The van der Waals surface area contributed by atoms with Crippen molar-refractivity contribution in [1.82, 2.24) is 0 Å². The number of hydrogen-bond acceptors (Lipinski definition) is 4. The lowest BCUT2D eigenvalue weighted by Crippen LogP contribution is -2.18. The average Bonchev–Trinajstić information content (AvgIpc) is 2.58. The average molecular weight is 251 g/mol. The van der Waals surface area contributed by atoms with Crippen LogP contribution in [0.5, 0.6) is 0 Å². The van der Waals surface area contributed by atoms with Gasteiger partial charge < -0.3 is 16.4 Å². The Morgan fingerprint density at radius 2 is 2.35 bits per heavy atom. The minimum Gasteiger partial charge on any atom is -0.397 e. The first-order valence-electron chi connectivity index (χ1n) is 5.58. The number of nitrogen functional groups attached to an aromatic ring is 1. The van der Waals surface area contributed by atoms with Crippen LogP contribution < -0.4 is 16.4 Å². The quantitative estimate of drug-likeness (QED) is 0.715. The van der Waals surface area contributed by atoms with Crippen molar-refractivity contribution in [3.63, 3.8) is 0 Å². The molecule has 5 heteroatoms. The van der Waals surface area contributed by atoms with Crippen LogP contribution in [0.3, 0.4) is 0 Å². The van der Waals surface area contributed by atoms with Crippen molar-refractivity contribution in [1.29, 1.82) is 0 Å². The predicted molar refractivity (Wildman–Crippen MR) is 74.7 cm³/mol. The second-order valence-corrected chi connectivity index (χ2v) is 5.23. The Morgan fingerprint density at radius 1 is 1.59 bits per heavy atom. The third-order valence-electron chi connectivity index (χ3n) is 2.72. The molecular weight excluding hydrogens is 234 g/mol. The van der Waals surface area contributed by atoms with Gasteiger partial charge >= 0.3 is 0 Å². The highest BCUT2D eigenvalue weighted by atomic mass is 32.2. The molecule has 1 aliphatic heterocycles. The fourth-order valence-electron chi connectivity index (χ4n) is 1.98. The van der Waals surface area contributed by atoms with E-state index < -0.39 is 0 Å². The first kappa shape index (κ1) is 12.1. The van der Waals surface area contributed by atoms with Gasteiger partial charge in [0.05, 0.1) is 17.8 Å². The van der Waals surface area contributed by atoms with Gasteiger partial charge in [0, 0.05) is 17.5 Å². The van der Waals surface area contributed by atoms with Gasteiger partial charge in [0.25, 0.3) is 0 Å². The molecule has 1 atom stereocenters. The van der Waals surface area contributed by atoms with E-state index in [2.05, 4.69) is 23.8 Å². The van der Waals surface area contributed by atoms with Crippen molar-refractivity contribution in [3.05, 3.63) is 17.7 Å². The molecule has 4 nitrogen and oxygen atoms in total. The summed E-state index contributed by atoms with van der Waals surface area (Å²) in [5, 5.41) is 6.19. The lowest BCUT2D eigenvalue weighted by molar-refractivity contribution is -0.115. The van der Waals surface area contributed by atoms with Gasteiger partial charge in [-0.25, -0.2) is 0 Å². The second-order valence-electron chi connectivity index (χ2n) is 4.32. The summed E-state index contributed by atoms with van der Waals surface area (Å²) in [6.07, 6.45) is 2.50. The maximum absolute atomic E-state index is 11.3. The number of carbonyl (C=O) groups excluding carboxylic acids is 1. The molecule has 0 saturated carbocycles. The molecule has 1 unspecified atom stereocenters. The number of rotatable bonds is 4. The minimum absolute atomic E-state index is 0.0358. The molecule has 1 aliphatic rings. The molecule has 92 valence electrons. The lowest BCUT2D eigenvalue weighted by Gasteiger charge is -2.16. The number of thioether (sulfide) groups is 1. The summed E-state index contributed by atoms with van der Waals surface area (Å²) < 4.78 is 0. The van der Waals surface area contributed by atoms with Crippen molar-refractivity contribution in [2.24, 2.45) is 0 Å². The molecule has 17 heavy (non-hydrogen) atoms. The van der Waals surface area contributed by atoms with Crippen molar-refractivity contribution in [3.8, 4) is 0 Å². The molecule has 0 spiro atoms. The number of benzene rings is 1. The summed E-state index contributed by atoms with van der Waals surface area (Å²) in [5.41, 5.74) is 9.43. The Balaban J connectivity index is 2.19. The molecule has 0 aliphatic carbocycles. The van der Waals surface area contributed by atoms with Crippen LogP contribution >= 0.6 is 11.8 Å². The van der Waals surface area contributed by atoms with Crippen molar-refractivity contribution in [2.45, 2.75) is 19.4 Å². The van der Waals surface area contributed by atoms with Crippen LogP contribution in [0.1, 0.15) is 12.5 Å². The topological polar surface area (TPSA) is 67.1 Å². The standard InChI is InChI=1S/C12H17N3OS/c1-7(6-17-2)14-11-5-10-8(3-9(11)13)4-12(16)15-10/h3,5,7,14H,4,6,13H2,1-2H3,(H,15,16). The third kappa shape index (κ3) is 2.66. The Kier molecular flexibility index (Phi) is 3.47. The molecule has 0 saturated heterocycles. The first-order chi connectivity index (χ1) is 8.10. The molecular formula is C12H17N3OS. The van der Waals surface area contributed by atoms with Crippen LogP contribution in [0, 0.1) is 0 Å². The Labute approximate surface area is 105 Å². The van der Waals surface area contributed by atoms with E-state index in [1.807, 2.05) is 12.1 Å². The van der Waals surface area contributed by atoms with E-state index in [-0.39, 0.29) is 5.91 Å². The SMILES string of the molecule is CSCC(C)Nc1cc2c(cc1N)CC(=O)N2. The Bertz CT molecular complexity index is 448. The monoisotopic (exact) mass is 251 g/mol. The van der Waals surface area contributed by atoms with Crippen LogP contribution in [0.2, 0.25) is 0 Å². The highest BCUT2D eigenvalue weighted by molar-refractivity contribution is 7.98. The molecule has 2 rings (SSSR count). The van der Waals surface area contributed by atoms with Crippen LogP contribution in [0.15, 0.2) is 12.1 Å². The maximum Gasteiger partial charge on any atom is 0.228 e. The van der Waals surface area contributed by atoms with Gasteiger partial charge in [-0.3, -0.25) is 4.79 Å². The van der Waals surface area contributed by atoms with E-state index in [4.69, 9.17) is 5.73 Å². The fraction of sp³-hybridized carbons (Fsp3) is 0.417. The third-order valence-corrected chi connectivity index (χ3v) is 3.55. The predicted octanol–water partition coefficient (Wildman–Crippen LogP) is 1.93. The number of nitrogens with one attached hydrogen (secondary N) is 2. The van der Waals surface area contributed by atoms with E-state index in [0.717, 1.165) is 22.7 Å². The van der Waals surface area contributed by atoms with Gasteiger partial charge in [-0.05, 0) is 30.9 Å². The molecule has 1 aromatic rings. The summed E-state index contributed by atoms with van der Waals surface area (Å²) in [7, 11) is 0. The molecule has 0 radical (unpaired) electrons. The highest BCUT2D eigenvalue weighted by Gasteiger charge is 2.19. The molecule has 1 aromatic carbocycles. The van der Waals surface area contributed by atoms with E-state index in [1.54, 1.807) is 11.8 Å². The number of nitrogens with two attached hydrogens (primary N) is 1.